The van der Waals surface area contributed by atoms with Crippen molar-refractivity contribution < 1.29 is 8.78 Å². The highest BCUT2D eigenvalue weighted by molar-refractivity contribution is 4.89. The molecule has 0 radical (unpaired) electrons. The highest BCUT2D eigenvalue weighted by atomic mass is 19.3. The average Bonchev–Trinajstić information content (AvgIpc) is 2.49. The lowest BCUT2D eigenvalue weighted by Gasteiger charge is -2.26. The van der Waals surface area contributed by atoms with Crippen LogP contribution >= 0.6 is 0 Å². The fourth-order valence-corrected chi connectivity index (χ4v) is 2.07. The van der Waals surface area contributed by atoms with Gasteiger partial charge in [0, 0.05) is 5.54 Å². The van der Waals surface area contributed by atoms with Crippen molar-refractivity contribution in [3.63, 3.8) is 0 Å². The smallest absolute Gasteiger partial charge is 0.251 e. The van der Waals surface area contributed by atoms with Crippen LogP contribution in [-0.2, 0) is 0 Å². The van der Waals surface area contributed by atoms with Crippen LogP contribution in [0.15, 0.2) is 0 Å². The van der Waals surface area contributed by atoms with Crippen molar-refractivity contribution in [2.45, 2.75) is 44.1 Å². The summed E-state index contributed by atoms with van der Waals surface area (Å²) < 4.78 is 24.0. The zero-order valence-corrected chi connectivity index (χ0v) is 8.81. The highest BCUT2D eigenvalue weighted by Crippen LogP contribution is 2.29. The Hall–Kier alpha value is -0.220. The molecule has 0 saturated heterocycles. The van der Waals surface area contributed by atoms with Gasteiger partial charge < -0.3 is 10.6 Å². The normalized spacial score (nSPS) is 21.0. The van der Waals surface area contributed by atoms with E-state index in [4.69, 9.17) is 5.73 Å². The number of rotatable bonds is 5. The summed E-state index contributed by atoms with van der Waals surface area (Å²) in [5.41, 5.74) is 6.05. The van der Waals surface area contributed by atoms with E-state index < -0.39 is 6.43 Å². The van der Waals surface area contributed by atoms with E-state index in [1.165, 1.54) is 12.8 Å². The Kier molecular flexibility index (Phi) is 4.26. The van der Waals surface area contributed by atoms with Gasteiger partial charge in [0.15, 0.2) is 0 Å². The van der Waals surface area contributed by atoms with E-state index in [1.807, 2.05) is 0 Å². The van der Waals surface area contributed by atoms with Crippen LogP contribution in [0.4, 0.5) is 8.78 Å². The molecule has 0 unspecified atom stereocenters. The van der Waals surface area contributed by atoms with E-state index in [0.29, 0.717) is 6.54 Å². The van der Waals surface area contributed by atoms with Crippen molar-refractivity contribution in [3.05, 3.63) is 0 Å². The maximum Gasteiger partial charge on any atom is 0.251 e. The summed E-state index contributed by atoms with van der Waals surface area (Å²) in [5, 5.41) is 0. The molecule has 0 aromatic carbocycles. The highest BCUT2D eigenvalue weighted by Gasteiger charge is 2.29. The minimum absolute atomic E-state index is 0.0730. The molecule has 4 heteroatoms. The molecule has 0 spiro atoms. The van der Waals surface area contributed by atoms with Crippen LogP contribution in [0.25, 0.3) is 0 Å². The van der Waals surface area contributed by atoms with Gasteiger partial charge in [0.25, 0.3) is 6.43 Å². The van der Waals surface area contributed by atoms with Gasteiger partial charge >= 0.3 is 0 Å². The molecule has 2 nitrogen and oxygen atoms in total. The van der Waals surface area contributed by atoms with Crippen molar-refractivity contribution in [2.75, 3.05) is 20.1 Å². The van der Waals surface area contributed by atoms with Crippen molar-refractivity contribution >= 4 is 0 Å². The number of nitrogens with zero attached hydrogens (tertiary/aromatic N) is 1. The monoisotopic (exact) mass is 206 g/mol. The molecule has 0 bridgehead atoms. The van der Waals surface area contributed by atoms with E-state index >= 15 is 0 Å². The molecule has 14 heavy (non-hydrogen) atoms. The van der Waals surface area contributed by atoms with E-state index in [0.717, 1.165) is 19.3 Å². The van der Waals surface area contributed by atoms with Crippen molar-refractivity contribution in [1.29, 1.82) is 0 Å². The lowest BCUT2D eigenvalue weighted by Crippen LogP contribution is -2.40. The summed E-state index contributed by atoms with van der Waals surface area (Å²) in [5.74, 6) is 0. The summed E-state index contributed by atoms with van der Waals surface area (Å²) in [7, 11) is 1.73. The Morgan fingerprint density at radius 1 is 1.36 bits per heavy atom. The molecule has 1 fully saturated rings. The first-order valence-electron chi connectivity index (χ1n) is 5.27. The maximum absolute atomic E-state index is 12.0. The van der Waals surface area contributed by atoms with Gasteiger partial charge in [-0.1, -0.05) is 12.8 Å². The molecule has 84 valence electrons. The molecule has 0 amide bonds. The molecular weight excluding hydrogens is 186 g/mol. The zero-order valence-electron chi connectivity index (χ0n) is 8.81. The van der Waals surface area contributed by atoms with Gasteiger partial charge in [-0.25, -0.2) is 8.78 Å². The van der Waals surface area contributed by atoms with E-state index in [9.17, 15) is 8.78 Å². The van der Waals surface area contributed by atoms with Crippen LogP contribution in [0.1, 0.15) is 32.1 Å². The van der Waals surface area contributed by atoms with Gasteiger partial charge in [-0.2, -0.15) is 0 Å². The predicted octanol–water partition coefficient (Wildman–Crippen LogP) is 1.84. The molecule has 0 aromatic heterocycles. The third kappa shape index (κ3) is 3.88. The third-order valence-corrected chi connectivity index (χ3v) is 3.04. The third-order valence-electron chi connectivity index (χ3n) is 3.04. The fourth-order valence-electron chi connectivity index (χ4n) is 2.07. The summed E-state index contributed by atoms with van der Waals surface area (Å²) in [4.78, 5) is 1.66. The number of hydrogen-bond acceptors (Lipinski definition) is 2. The van der Waals surface area contributed by atoms with Crippen molar-refractivity contribution in [1.82, 2.24) is 4.90 Å². The summed E-state index contributed by atoms with van der Waals surface area (Å²) in [6.07, 6.45) is 3.09. The Bertz CT molecular complexity index is 168. The first-order chi connectivity index (χ1) is 6.52. The van der Waals surface area contributed by atoms with Gasteiger partial charge in [-0.3, -0.25) is 0 Å². The molecule has 0 heterocycles. The second-order valence-corrected chi connectivity index (χ2v) is 4.47. The molecule has 0 aliphatic heterocycles. The van der Waals surface area contributed by atoms with E-state index in [1.54, 1.807) is 11.9 Å². The molecule has 0 atom stereocenters. The van der Waals surface area contributed by atoms with Crippen LogP contribution < -0.4 is 5.73 Å². The number of alkyl halides is 2. The topological polar surface area (TPSA) is 29.3 Å². The van der Waals surface area contributed by atoms with Crippen LogP contribution in [0.3, 0.4) is 0 Å². The van der Waals surface area contributed by atoms with Crippen LogP contribution in [0.5, 0.6) is 0 Å². The van der Waals surface area contributed by atoms with Gasteiger partial charge in [0.05, 0.1) is 6.54 Å². The Labute approximate surface area is 84.4 Å². The molecule has 0 aromatic rings. The van der Waals surface area contributed by atoms with Crippen LogP contribution in [-0.4, -0.2) is 37.0 Å². The van der Waals surface area contributed by atoms with Crippen LogP contribution in [0.2, 0.25) is 0 Å². The largest absolute Gasteiger partial charge is 0.325 e. The van der Waals surface area contributed by atoms with Crippen LogP contribution in [0, 0.1) is 0 Å². The molecule has 2 N–H and O–H groups in total. The summed E-state index contributed by atoms with van der Waals surface area (Å²) >= 11 is 0. The molecule has 1 aliphatic carbocycles. The minimum atomic E-state index is -2.24. The summed E-state index contributed by atoms with van der Waals surface area (Å²) in [6, 6.07) is 0. The second-order valence-electron chi connectivity index (χ2n) is 4.47. The number of halogens is 2. The lowest BCUT2D eigenvalue weighted by atomic mass is 9.95. The molecule has 1 rings (SSSR count). The van der Waals surface area contributed by atoms with Crippen molar-refractivity contribution in [3.8, 4) is 0 Å². The minimum Gasteiger partial charge on any atom is -0.325 e. The Balaban J connectivity index is 2.18. The number of nitrogens with two attached hydrogens (primary N) is 1. The predicted molar refractivity (Wildman–Crippen MR) is 53.5 cm³/mol. The molecule has 1 aliphatic rings. The van der Waals surface area contributed by atoms with Gasteiger partial charge in [-0.15, -0.1) is 0 Å². The Morgan fingerprint density at radius 2 is 1.93 bits per heavy atom. The second kappa shape index (κ2) is 5.03. The lowest BCUT2D eigenvalue weighted by molar-refractivity contribution is 0.0966. The fraction of sp³-hybridized carbons (Fsp3) is 1.00. The SMILES string of the molecule is CN(CCC1(N)CCCC1)CC(F)F. The molecular formula is C10H20F2N2. The zero-order chi connectivity index (χ0) is 10.6. The van der Waals surface area contributed by atoms with Crippen molar-refractivity contribution in [2.24, 2.45) is 5.73 Å². The van der Waals surface area contributed by atoms with Gasteiger partial charge in [-0.05, 0) is 32.9 Å². The average molecular weight is 206 g/mol. The van der Waals surface area contributed by atoms with E-state index in [2.05, 4.69) is 0 Å². The van der Waals surface area contributed by atoms with Gasteiger partial charge in [0.2, 0.25) is 0 Å². The van der Waals surface area contributed by atoms with Gasteiger partial charge in [0.1, 0.15) is 0 Å². The first kappa shape index (κ1) is 11.9. The number of hydrogen-bond donors (Lipinski definition) is 1. The van der Waals surface area contributed by atoms with E-state index in [-0.39, 0.29) is 12.1 Å². The Morgan fingerprint density at radius 3 is 2.43 bits per heavy atom. The molecule has 1 saturated carbocycles. The first-order valence-corrected chi connectivity index (χ1v) is 5.27. The standard InChI is InChI=1S/C10H20F2N2/c1-14(8-9(11)12)7-6-10(13)4-2-3-5-10/h9H,2-8,13H2,1H3. The quantitative estimate of drug-likeness (QED) is 0.743. The summed E-state index contributed by atoms with van der Waals surface area (Å²) in [6.45, 7) is 0.539. The maximum atomic E-state index is 12.0.